The van der Waals surface area contributed by atoms with Gasteiger partial charge in [-0.1, -0.05) is 53.2 Å². The molecule has 0 bridgehead atoms. The average Bonchev–Trinajstić information content (AvgIpc) is 2.67. The van der Waals surface area contributed by atoms with Crippen LogP contribution in [0.3, 0.4) is 0 Å². The van der Waals surface area contributed by atoms with Gasteiger partial charge < -0.3 is 5.11 Å². The van der Waals surface area contributed by atoms with Gasteiger partial charge >= 0.3 is 5.97 Å². The van der Waals surface area contributed by atoms with Gasteiger partial charge in [0.05, 0.1) is 11.3 Å². The van der Waals surface area contributed by atoms with Crippen LogP contribution in [-0.4, -0.2) is 32.7 Å². The number of carboxylic acids is 1. The van der Waals surface area contributed by atoms with Crippen LogP contribution in [0.2, 0.25) is 10.0 Å². The van der Waals surface area contributed by atoms with Crippen LogP contribution in [0.5, 0.6) is 0 Å². The third-order valence-corrected chi connectivity index (χ3v) is 4.73. The van der Waals surface area contributed by atoms with Gasteiger partial charge in [-0.3, -0.25) is 14.5 Å². The van der Waals surface area contributed by atoms with Crippen molar-refractivity contribution in [2.75, 3.05) is 6.54 Å². The molecule has 1 saturated heterocycles. The molecule has 4 nitrogen and oxygen atoms in total. The normalized spacial score (nSPS) is 16.9. The molecule has 21 heavy (non-hydrogen) atoms. The lowest BCUT2D eigenvalue weighted by Gasteiger charge is -2.12. The average molecular weight is 362 g/mol. The molecule has 8 heteroatoms. The molecule has 0 radical (unpaired) electrons. The summed E-state index contributed by atoms with van der Waals surface area (Å²) < 4.78 is 0.329. The second kappa shape index (κ2) is 6.79. The quantitative estimate of drug-likeness (QED) is 0.654. The number of amides is 1. The minimum atomic E-state index is -0.984. The van der Waals surface area contributed by atoms with Crippen molar-refractivity contribution in [3.05, 3.63) is 38.7 Å². The number of carbonyl (C=O) groups excluding carboxylic acids is 1. The summed E-state index contributed by atoms with van der Waals surface area (Å²) in [6.45, 7) is 0.0492. The van der Waals surface area contributed by atoms with Gasteiger partial charge in [0.15, 0.2) is 0 Å². The molecule has 0 unspecified atom stereocenters. The molecule has 2 rings (SSSR count). The summed E-state index contributed by atoms with van der Waals surface area (Å²) in [6.07, 6.45) is 1.41. The SMILES string of the molecule is O=C(O)CCN1C(=O)/C(=C/c2c(Cl)cccc2Cl)SC1=S. The molecular weight excluding hydrogens is 353 g/mol. The summed E-state index contributed by atoms with van der Waals surface area (Å²) in [4.78, 5) is 24.5. The van der Waals surface area contributed by atoms with E-state index in [2.05, 4.69) is 0 Å². The largest absolute Gasteiger partial charge is 0.481 e. The Morgan fingerprint density at radius 2 is 2.00 bits per heavy atom. The van der Waals surface area contributed by atoms with E-state index in [1.54, 1.807) is 24.3 Å². The van der Waals surface area contributed by atoms with E-state index in [9.17, 15) is 9.59 Å². The molecule has 1 heterocycles. The summed E-state index contributed by atoms with van der Waals surface area (Å²) in [6, 6.07) is 5.05. The molecule has 0 aromatic heterocycles. The van der Waals surface area contributed by atoms with E-state index >= 15 is 0 Å². The Kier molecular flexibility index (Phi) is 5.27. The predicted octanol–water partition coefficient (Wildman–Crippen LogP) is 3.67. The Bertz CT molecular complexity index is 641. The van der Waals surface area contributed by atoms with Gasteiger partial charge in [-0.15, -0.1) is 0 Å². The molecule has 1 N–H and O–H groups in total. The lowest BCUT2D eigenvalue weighted by atomic mass is 10.2. The minimum absolute atomic E-state index is 0.0492. The zero-order valence-electron chi connectivity index (χ0n) is 10.5. The van der Waals surface area contributed by atoms with Crippen molar-refractivity contribution in [3.8, 4) is 0 Å². The number of carbonyl (C=O) groups is 2. The van der Waals surface area contributed by atoms with Crippen LogP contribution in [0.4, 0.5) is 0 Å². The van der Waals surface area contributed by atoms with Gasteiger partial charge in [-0.05, 0) is 18.2 Å². The second-order valence-electron chi connectivity index (χ2n) is 4.11. The van der Waals surface area contributed by atoms with Crippen molar-refractivity contribution < 1.29 is 14.7 Å². The maximum atomic E-state index is 12.2. The highest BCUT2D eigenvalue weighted by molar-refractivity contribution is 8.26. The van der Waals surface area contributed by atoms with Gasteiger partial charge in [0.25, 0.3) is 5.91 Å². The number of benzene rings is 1. The van der Waals surface area contributed by atoms with Crippen LogP contribution in [0.15, 0.2) is 23.1 Å². The number of thiocarbonyl (C=S) groups is 1. The number of nitrogens with zero attached hydrogens (tertiary/aromatic N) is 1. The van der Waals surface area contributed by atoms with Gasteiger partial charge in [0.1, 0.15) is 4.32 Å². The van der Waals surface area contributed by atoms with Gasteiger partial charge in [0.2, 0.25) is 0 Å². The van der Waals surface area contributed by atoms with Crippen LogP contribution in [0.1, 0.15) is 12.0 Å². The summed E-state index contributed by atoms with van der Waals surface area (Å²) in [5, 5.41) is 9.54. The molecule has 1 aromatic rings. The Labute approximate surface area is 140 Å². The summed E-state index contributed by atoms with van der Waals surface area (Å²) in [5.41, 5.74) is 0.541. The Balaban J connectivity index is 2.26. The summed E-state index contributed by atoms with van der Waals surface area (Å²) in [7, 11) is 0. The highest BCUT2D eigenvalue weighted by atomic mass is 35.5. The van der Waals surface area contributed by atoms with Crippen LogP contribution < -0.4 is 0 Å². The van der Waals surface area contributed by atoms with E-state index in [0.717, 1.165) is 11.8 Å². The molecule has 0 atom stereocenters. The highest BCUT2D eigenvalue weighted by Gasteiger charge is 2.32. The molecule has 1 aromatic carbocycles. The topological polar surface area (TPSA) is 57.6 Å². The standard InChI is InChI=1S/C13H9Cl2NO3S2/c14-8-2-1-3-9(15)7(8)6-10-12(19)16(13(20)21-10)5-4-11(17)18/h1-3,6H,4-5H2,(H,17,18)/b10-6-. The van der Waals surface area contributed by atoms with E-state index in [4.69, 9.17) is 40.5 Å². The lowest BCUT2D eigenvalue weighted by molar-refractivity contribution is -0.137. The fourth-order valence-electron chi connectivity index (χ4n) is 1.68. The number of aliphatic carboxylic acids is 1. The first-order chi connectivity index (χ1) is 9.90. The predicted molar refractivity (Wildman–Crippen MR) is 88.6 cm³/mol. The monoisotopic (exact) mass is 361 g/mol. The van der Waals surface area contributed by atoms with Crippen molar-refractivity contribution in [1.82, 2.24) is 4.90 Å². The first-order valence-electron chi connectivity index (χ1n) is 5.81. The Hall–Kier alpha value is -1.08. The molecule has 1 fully saturated rings. The first-order valence-corrected chi connectivity index (χ1v) is 7.79. The third-order valence-electron chi connectivity index (χ3n) is 2.70. The minimum Gasteiger partial charge on any atom is -0.481 e. The maximum Gasteiger partial charge on any atom is 0.305 e. The van der Waals surface area contributed by atoms with Crippen LogP contribution in [0.25, 0.3) is 6.08 Å². The Morgan fingerprint density at radius 3 is 2.57 bits per heavy atom. The molecule has 1 amide bonds. The fourth-order valence-corrected chi connectivity index (χ4v) is 3.48. The zero-order valence-corrected chi connectivity index (χ0v) is 13.7. The summed E-state index contributed by atoms with van der Waals surface area (Å²) in [5.74, 6) is -1.32. The molecule has 1 aliphatic heterocycles. The molecular formula is C13H9Cl2NO3S2. The maximum absolute atomic E-state index is 12.2. The van der Waals surface area contributed by atoms with E-state index < -0.39 is 5.97 Å². The van der Waals surface area contributed by atoms with Gasteiger partial charge in [-0.2, -0.15) is 0 Å². The number of hydrogen-bond donors (Lipinski definition) is 1. The fraction of sp³-hybridized carbons (Fsp3) is 0.154. The molecule has 110 valence electrons. The van der Waals surface area contributed by atoms with Crippen molar-refractivity contribution in [1.29, 1.82) is 0 Å². The van der Waals surface area contributed by atoms with Gasteiger partial charge in [0, 0.05) is 22.2 Å². The van der Waals surface area contributed by atoms with Crippen molar-refractivity contribution >= 4 is 69.5 Å². The summed E-state index contributed by atoms with van der Waals surface area (Å²) >= 11 is 18.3. The second-order valence-corrected chi connectivity index (χ2v) is 6.60. The molecule has 0 aliphatic carbocycles. The van der Waals surface area contributed by atoms with Crippen molar-refractivity contribution in [3.63, 3.8) is 0 Å². The number of hydrogen-bond acceptors (Lipinski definition) is 4. The molecule has 0 saturated carbocycles. The number of thioether (sulfide) groups is 1. The van der Waals surface area contributed by atoms with Crippen LogP contribution in [-0.2, 0) is 9.59 Å². The van der Waals surface area contributed by atoms with Crippen molar-refractivity contribution in [2.24, 2.45) is 0 Å². The van der Waals surface area contributed by atoms with E-state index in [1.807, 2.05) is 0 Å². The first kappa shape index (κ1) is 16.3. The number of halogens is 2. The number of carboxylic acid groups (broad SMARTS) is 1. The smallest absolute Gasteiger partial charge is 0.305 e. The van der Waals surface area contributed by atoms with Crippen LogP contribution in [0, 0.1) is 0 Å². The van der Waals surface area contributed by atoms with Crippen molar-refractivity contribution in [2.45, 2.75) is 6.42 Å². The lowest BCUT2D eigenvalue weighted by Crippen LogP contribution is -2.30. The third kappa shape index (κ3) is 3.77. The van der Waals surface area contributed by atoms with Gasteiger partial charge in [-0.25, -0.2) is 0 Å². The highest BCUT2D eigenvalue weighted by Crippen LogP contribution is 2.35. The molecule has 0 spiro atoms. The van der Waals surface area contributed by atoms with E-state index in [0.29, 0.717) is 24.8 Å². The van der Waals surface area contributed by atoms with E-state index in [1.165, 1.54) is 4.90 Å². The number of rotatable bonds is 4. The van der Waals surface area contributed by atoms with Crippen LogP contribution >= 0.6 is 47.2 Å². The molecule has 1 aliphatic rings. The zero-order chi connectivity index (χ0) is 15.6. The Morgan fingerprint density at radius 1 is 1.38 bits per heavy atom. The van der Waals surface area contributed by atoms with E-state index in [-0.39, 0.29) is 18.9 Å².